The zero-order valence-electron chi connectivity index (χ0n) is 12.3. The highest BCUT2D eigenvalue weighted by molar-refractivity contribution is 9.10. The van der Waals surface area contributed by atoms with E-state index in [4.69, 9.17) is 0 Å². The van der Waals surface area contributed by atoms with Crippen molar-refractivity contribution >= 4 is 21.6 Å². The summed E-state index contributed by atoms with van der Waals surface area (Å²) in [5.74, 6) is 0.733. The molecule has 0 amide bonds. The average Bonchev–Trinajstić information content (AvgIpc) is 2.49. The molecule has 5 nitrogen and oxygen atoms in total. The molecule has 1 aromatic carbocycles. The van der Waals surface area contributed by atoms with Crippen LogP contribution in [0.25, 0.3) is 0 Å². The zero-order valence-corrected chi connectivity index (χ0v) is 13.9. The van der Waals surface area contributed by atoms with Crippen LogP contribution in [0, 0.1) is 16.0 Å². The van der Waals surface area contributed by atoms with Gasteiger partial charge in [0.15, 0.2) is 0 Å². The lowest BCUT2D eigenvalue weighted by molar-refractivity contribution is -0.385. The number of nitrogens with zero attached hydrogens (tertiary/aromatic N) is 2. The van der Waals surface area contributed by atoms with Gasteiger partial charge in [0.25, 0.3) is 5.69 Å². The number of hydrogen-bond donors (Lipinski definition) is 1. The second-order valence-electron chi connectivity index (χ2n) is 5.56. The van der Waals surface area contributed by atoms with Crippen molar-refractivity contribution in [3.05, 3.63) is 38.3 Å². The van der Waals surface area contributed by atoms with Crippen LogP contribution in [0.2, 0.25) is 0 Å². The second-order valence-corrected chi connectivity index (χ2v) is 6.42. The van der Waals surface area contributed by atoms with Gasteiger partial charge in [0.05, 0.1) is 9.40 Å². The molecular weight excluding hydrogens is 334 g/mol. The van der Waals surface area contributed by atoms with Gasteiger partial charge in [-0.15, -0.1) is 0 Å². The smallest absolute Gasteiger partial charge is 0.283 e. The molecule has 1 N–H and O–H groups in total. The van der Waals surface area contributed by atoms with Crippen LogP contribution < -0.4 is 5.32 Å². The third-order valence-corrected chi connectivity index (χ3v) is 4.71. The molecule has 1 aromatic rings. The average molecular weight is 356 g/mol. The number of nitro benzene ring substituents is 1. The topological polar surface area (TPSA) is 58.4 Å². The van der Waals surface area contributed by atoms with Crippen LogP contribution >= 0.6 is 15.9 Å². The summed E-state index contributed by atoms with van der Waals surface area (Å²) in [5, 5.41) is 14.4. The van der Waals surface area contributed by atoms with E-state index in [9.17, 15) is 10.1 Å². The van der Waals surface area contributed by atoms with Crippen LogP contribution in [0.1, 0.15) is 25.3 Å². The molecule has 1 fully saturated rings. The van der Waals surface area contributed by atoms with Crippen LogP contribution in [0.5, 0.6) is 0 Å². The largest absolute Gasteiger partial charge is 0.317 e. The number of nitro groups is 1. The van der Waals surface area contributed by atoms with E-state index >= 15 is 0 Å². The molecule has 2 rings (SSSR count). The molecule has 0 saturated carbocycles. The van der Waals surface area contributed by atoms with Gasteiger partial charge in [-0.05, 0) is 66.0 Å². The predicted octanol–water partition coefficient (Wildman–Crippen LogP) is 3.18. The number of hydrogen-bond acceptors (Lipinski definition) is 4. The quantitative estimate of drug-likeness (QED) is 0.628. The fourth-order valence-corrected chi connectivity index (χ4v) is 3.18. The van der Waals surface area contributed by atoms with E-state index in [1.165, 1.54) is 12.8 Å². The molecule has 0 unspecified atom stereocenters. The lowest BCUT2D eigenvalue weighted by Crippen LogP contribution is -2.35. The zero-order chi connectivity index (χ0) is 15.2. The first kappa shape index (κ1) is 16.4. The molecule has 21 heavy (non-hydrogen) atoms. The third kappa shape index (κ3) is 4.76. The Bertz CT molecular complexity index is 490. The summed E-state index contributed by atoms with van der Waals surface area (Å²) in [6.45, 7) is 7.16. The summed E-state index contributed by atoms with van der Waals surface area (Å²) in [7, 11) is 0. The molecule has 0 bridgehead atoms. The number of rotatable bonds is 6. The molecule has 1 saturated heterocycles. The van der Waals surface area contributed by atoms with Crippen LogP contribution in [0.4, 0.5) is 5.69 Å². The highest BCUT2D eigenvalue weighted by atomic mass is 79.9. The summed E-state index contributed by atoms with van der Waals surface area (Å²) in [4.78, 5) is 13.0. The molecule has 0 aliphatic carbocycles. The minimum atomic E-state index is -0.337. The number of piperidine rings is 1. The molecule has 6 heteroatoms. The standard InChI is InChI=1S/C15H22BrN3O2/c1-2-18(10-12-5-7-17-8-6-12)11-13-3-4-14(16)15(9-13)19(20)21/h3-4,9,12,17H,2,5-8,10-11H2,1H3. The lowest BCUT2D eigenvalue weighted by Gasteiger charge is -2.29. The van der Waals surface area contributed by atoms with Crippen molar-refractivity contribution < 1.29 is 4.92 Å². The molecule has 1 aliphatic heterocycles. The van der Waals surface area contributed by atoms with Gasteiger partial charge in [-0.3, -0.25) is 15.0 Å². The molecule has 116 valence electrons. The van der Waals surface area contributed by atoms with Crippen molar-refractivity contribution in [3.63, 3.8) is 0 Å². The van der Waals surface area contributed by atoms with Gasteiger partial charge in [-0.1, -0.05) is 13.0 Å². The molecule has 1 heterocycles. The van der Waals surface area contributed by atoms with E-state index in [0.717, 1.165) is 44.2 Å². The van der Waals surface area contributed by atoms with Crippen LogP contribution in [-0.4, -0.2) is 36.0 Å². The summed E-state index contributed by atoms with van der Waals surface area (Å²) >= 11 is 3.23. The number of benzene rings is 1. The van der Waals surface area contributed by atoms with Gasteiger partial charge >= 0.3 is 0 Å². The van der Waals surface area contributed by atoms with Crippen LogP contribution in [0.3, 0.4) is 0 Å². The van der Waals surface area contributed by atoms with Gasteiger partial charge in [0.1, 0.15) is 0 Å². The Morgan fingerprint density at radius 3 is 2.76 bits per heavy atom. The summed E-state index contributed by atoms with van der Waals surface area (Å²) in [6, 6.07) is 5.41. The Morgan fingerprint density at radius 2 is 2.14 bits per heavy atom. The maximum atomic E-state index is 11.0. The minimum absolute atomic E-state index is 0.144. The van der Waals surface area contributed by atoms with Crippen molar-refractivity contribution in [1.29, 1.82) is 0 Å². The van der Waals surface area contributed by atoms with Crippen LogP contribution in [0.15, 0.2) is 22.7 Å². The third-order valence-electron chi connectivity index (χ3n) is 4.04. The molecular formula is C15H22BrN3O2. The molecule has 0 aromatic heterocycles. The van der Waals surface area contributed by atoms with Crippen molar-refractivity contribution in [1.82, 2.24) is 10.2 Å². The predicted molar refractivity (Wildman–Crippen MR) is 87.3 cm³/mol. The highest BCUT2D eigenvalue weighted by Crippen LogP contribution is 2.26. The first-order chi connectivity index (χ1) is 10.1. The Kier molecular flexibility index (Phi) is 6.14. The first-order valence-electron chi connectivity index (χ1n) is 7.46. The molecule has 0 spiro atoms. The highest BCUT2D eigenvalue weighted by Gasteiger charge is 2.18. The fraction of sp³-hybridized carbons (Fsp3) is 0.600. The van der Waals surface area contributed by atoms with E-state index in [1.54, 1.807) is 12.1 Å². The van der Waals surface area contributed by atoms with Crippen molar-refractivity contribution in [2.75, 3.05) is 26.2 Å². The summed E-state index contributed by atoms with van der Waals surface area (Å²) in [6.07, 6.45) is 2.44. The van der Waals surface area contributed by atoms with E-state index in [1.807, 2.05) is 6.07 Å². The Hall–Kier alpha value is -0.980. The monoisotopic (exact) mass is 355 g/mol. The first-order valence-corrected chi connectivity index (χ1v) is 8.25. The minimum Gasteiger partial charge on any atom is -0.317 e. The van der Waals surface area contributed by atoms with Crippen molar-refractivity contribution in [2.45, 2.75) is 26.3 Å². The summed E-state index contributed by atoms with van der Waals surface area (Å²) < 4.78 is 0.539. The second kappa shape index (κ2) is 7.87. The number of halogens is 1. The SMILES string of the molecule is CCN(Cc1ccc(Br)c([N+](=O)[O-])c1)CC1CCNCC1. The van der Waals surface area contributed by atoms with Gasteiger partial charge in [0, 0.05) is 19.2 Å². The van der Waals surface area contributed by atoms with Crippen molar-refractivity contribution in [2.24, 2.45) is 5.92 Å². The van der Waals surface area contributed by atoms with E-state index in [0.29, 0.717) is 4.47 Å². The number of nitrogens with one attached hydrogen (secondary N) is 1. The van der Waals surface area contributed by atoms with Gasteiger partial charge in [-0.2, -0.15) is 0 Å². The van der Waals surface area contributed by atoms with Crippen LogP contribution in [-0.2, 0) is 6.54 Å². The van der Waals surface area contributed by atoms with E-state index in [-0.39, 0.29) is 10.6 Å². The Morgan fingerprint density at radius 1 is 1.43 bits per heavy atom. The summed E-state index contributed by atoms with van der Waals surface area (Å²) in [5.41, 5.74) is 1.14. The maximum absolute atomic E-state index is 11.0. The Balaban J connectivity index is 2.00. The van der Waals surface area contributed by atoms with Crippen molar-refractivity contribution in [3.8, 4) is 0 Å². The maximum Gasteiger partial charge on any atom is 0.283 e. The normalized spacial score (nSPS) is 16.3. The molecule has 1 aliphatic rings. The fourth-order valence-electron chi connectivity index (χ4n) is 2.79. The van der Waals surface area contributed by atoms with E-state index < -0.39 is 0 Å². The Labute approximate surface area is 134 Å². The lowest BCUT2D eigenvalue weighted by atomic mass is 9.97. The van der Waals surface area contributed by atoms with Gasteiger partial charge in [-0.25, -0.2) is 0 Å². The molecule has 0 radical (unpaired) electrons. The van der Waals surface area contributed by atoms with Gasteiger partial charge in [0.2, 0.25) is 0 Å². The van der Waals surface area contributed by atoms with Gasteiger partial charge < -0.3 is 5.32 Å². The van der Waals surface area contributed by atoms with E-state index in [2.05, 4.69) is 33.1 Å². The molecule has 0 atom stereocenters.